The first-order chi connectivity index (χ1) is 8.25. The third kappa shape index (κ3) is 3.35. The molecule has 0 spiro atoms. The van der Waals surface area contributed by atoms with E-state index in [1.165, 1.54) is 0 Å². The van der Waals surface area contributed by atoms with Crippen LogP contribution in [-0.2, 0) is 6.54 Å². The Kier molecular flexibility index (Phi) is 3.82. The van der Waals surface area contributed by atoms with Gasteiger partial charge in [0.2, 0.25) is 0 Å². The largest absolute Gasteiger partial charge is 0.345 e. The molecule has 0 unspecified atom stereocenters. The molecule has 17 heavy (non-hydrogen) atoms. The monoisotopic (exact) mass is 291 g/mol. The van der Waals surface area contributed by atoms with Gasteiger partial charge in [0.05, 0.1) is 12.2 Å². The van der Waals surface area contributed by atoms with Crippen LogP contribution in [0.25, 0.3) is 0 Å². The zero-order valence-corrected chi connectivity index (χ0v) is 10.5. The van der Waals surface area contributed by atoms with E-state index in [1.807, 2.05) is 18.2 Å². The molecule has 0 aliphatic rings. The Labute approximate surface area is 107 Å². The van der Waals surface area contributed by atoms with Crippen LogP contribution in [-0.4, -0.2) is 15.9 Å². The first kappa shape index (κ1) is 11.7. The average Bonchev–Trinajstić information content (AvgIpc) is 2.37. The van der Waals surface area contributed by atoms with E-state index in [2.05, 4.69) is 31.2 Å². The summed E-state index contributed by atoms with van der Waals surface area (Å²) < 4.78 is 0.642. The molecule has 0 atom stereocenters. The van der Waals surface area contributed by atoms with Gasteiger partial charge in [-0.2, -0.15) is 0 Å². The highest BCUT2D eigenvalue weighted by atomic mass is 79.9. The summed E-state index contributed by atoms with van der Waals surface area (Å²) in [4.78, 5) is 19.9. The summed E-state index contributed by atoms with van der Waals surface area (Å²) in [6.45, 7) is 0.397. The second-order valence-corrected chi connectivity index (χ2v) is 4.16. The third-order valence-corrected chi connectivity index (χ3v) is 2.55. The molecule has 2 heterocycles. The zero-order valence-electron chi connectivity index (χ0n) is 8.93. The van der Waals surface area contributed by atoms with Gasteiger partial charge < -0.3 is 5.32 Å². The number of nitrogens with one attached hydrogen (secondary N) is 1. The Morgan fingerprint density at radius 3 is 2.82 bits per heavy atom. The number of halogens is 1. The number of rotatable bonds is 3. The zero-order chi connectivity index (χ0) is 12.1. The topological polar surface area (TPSA) is 54.9 Å². The van der Waals surface area contributed by atoms with Crippen molar-refractivity contribution in [1.29, 1.82) is 0 Å². The lowest BCUT2D eigenvalue weighted by Crippen LogP contribution is -2.24. The van der Waals surface area contributed by atoms with Gasteiger partial charge in [0.25, 0.3) is 5.91 Å². The Bertz CT molecular complexity index is 516. The molecule has 0 aromatic carbocycles. The summed E-state index contributed by atoms with van der Waals surface area (Å²) in [5.74, 6) is -0.211. The number of hydrogen-bond acceptors (Lipinski definition) is 3. The summed E-state index contributed by atoms with van der Waals surface area (Å²) in [5.41, 5.74) is 1.20. The minimum absolute atomic E-state index is 0.211. The molecule has 86 valence electrons. The van der Waals surface area contributed by atoms with Gasteiger partial charge in [0.15, 0.2) is 0 Å². The van der Waals surface area contributed by atoms with E-state index in [1.54, 1.807) is 24.4 Å². The fourth-order valence-electron chi connectivity index (χ4n) is 1.30. The van der Waals surface area contributed by atoms with Gasteiger partial charge in [-0.1, -0.05) is 12.1 Å². The predicted molar refractivity (Wildman–Crippen MR) is 67.3 cm³/mol. The maximum absolute atomic E-state index is 11.7. The van der Waals surface area contributed by atoms with E-state index in [-0.39, 0.29) is 5.91 Å². The first-order valence-corrected chi connectivity index (χ1v) is 5.85. The minimum Gasteiger partial charge on any atom is -0.345 e. The molecule has 0 saturated heterocycles. The molecular weight excluding hydrogens is 282 g/mol. The van der Waals surface area contributed by atoms with Crippen molar-refractivity contribution in [2.75, 3.05) is 0 Å². The summed E-state index contributed by atoms with van der Waals surface area (Å²) in [6, 6.07) is 10.8. The lowest BCUT2D eigenvalue weighted by Gasteiger charge is -2.04. The van der Waals surface area contributed by atoms with Crippen molar-refractivity contribution in [3.63, 3.8) is 0 Å². The SMILES string of the molecule is O=C(NCc1ccccn1)c1cccc(Br)n1. The number of pyridine rings is 2. The van der Waals surface area contributed by atoms with Gasteiger partial charge >= 0.3 is 0 Å². The number of nitrogens with zero attached hydrogens (tertiary/aromatic N) is 2. The second kappa shape index (κ2) is 5.54. The van der Waals surface area contributed by atoms with Crippen LogP contribution in [0.5, 0.6) is 0 Å². The maximum Gasteiger partial charge on any atom is 0.270 e. The highest BCUT2D eigenvalue weighted by Crippen LogP contribution is 2.06. The van der Waals surface area contributed by atoms with Gasteiger partial charge in [0, 0.05) is 6.20 Å². The number of carbonyl (C=O) groups excluding carboxylic acids is 1. The molecule has 0 saturated carbocycles. The van der Waals surface area contributed by atoms with Crippen LogP contribution < -0.4 is 5.32 Å². The summed E-state index contributed by atoms with van der Waals surface area (Å²) >= 11 is 3.22. The van der Waals surface area contributed by atoms with Gasteiger partial charge in [-0.25, -0.2) is 4.98 Å². The Morgan fingerprint density at radius 2 is 2.12 bits per heavy atom. The molecule has 0 aliphatic heterocycles. The van der Waals surface area contributed by atoms with E-state index in [9.17, 15) is 4.79 Å². The van der Waals surface area contributed by atoms with Crippen molar-refractivity contribution >= 4 is 21.8 Å². The van der Waals surface area contributed by atoms with Gasteiger partial charge in [0.1, 0.15) is 10.3 Å². The molecule has 0 radical (unpaired) electrons. The molecule has 2 aromatic heterocycles. The van der Waals surface area contributed by atoms with E-state index in [0.29, 0.717) is 16.8 Å². The lowest BCUT2D eigenvalue weighted by atomic mass is 10.3. The summed E-state index contributed by atoms with van der Waals surface area (Å²) in [6.07, 6.45) is 1.69. The lowest BCUT2D eigenvalue weighted by molar-refractivity contribution is 0.0945. The van der Waals surface area contributed by atoms with Crippen LogP contribution in [0.15, 0.2) is 47.2 Å². The molecule has 2 rings (SSSR count). The van der Waals surface area contributed by atoms with Crippen LogP contribution in [0.4, 0.5) is 0 Å². The minimum atomic E-state index is -0.211. The molecule has 2 aromatic rings. The standard InChI is InChI=1S/C12H10BrN3O/c13-11-6-3-5-10(16-11)12(17)15-8-9-4-1-2-7-14-9/h1-7H,8H2,(H,15,17). The van der Waals surface area contributed by atoms with E-state index >= 15 is 0 Å². The maximum atomic E-state index is 11.7. The number of carbonyl (C=O) groups is 1. The van der Waals surface area contributed by atoms with Crippen molar-refractivity contribution in [3.8, 4) is 0 Å². The predicted octanol–water partition coefficient (Wildman–Crippen LogP) is 2.17. The van der Waals surface area contributed by atoms with Crippen molar-refractivity contribution in [2.24, 2.45) is 0 Å². The smallest absolute Gasteiger partial charge is 0.270 e. The van der Waals surface area contributed by atoms with Crippen molar-refractivity contribution in [2.45, 2.75) is 6.54 Å². The van der Waals surface area contributed by atoms with Crippen LogP contribution >= 0.6 is 15.9 Å². The van der Waals surface area contributed by atoms with Gasteiger partial charge in [-0.3, -0.25) is 9.78 Å². The van der Waals surface area contributed by atoms with Crippen molar-refractivity contribution in [1.82, 2.24) is 15.3 Å². The number of aromatic nitrogens is 2. The summed E-state index contributed by atoms with van der Waals surface area (Å²) in [5, 5.41) is 2.76. The molecule has 1 amide bonds. The Hall–Kier alpha value is -1.75. The molecule has 0 bridgehead atoms. The van der Waals surface area contributed by atoms with Crippen LogP contribution in [0.1, 0.15) is 16.2 Å². The highest BCUT2D eigenvalue weighted by Gasteiger charge is 2.06. The molecule has 1 N–H and O–H groups in total. The fourth-order valence-corrected chi connectivity index (χ4v) is 1.64. The van der Waals surface area contributed by atoms with E-state index in [4.69, 9.17) is 0 Å². The highest BCUT2D eigenvalue weighted by molar-refractivity contribution is 9.10. The van der Waals surface area contributed by atoms with Crippen molar-refractivity contribution in [3.05, 3.63) is 58.6 Å². The second-order valence-electron chi connectivity index (χ2n) is 3.35. The normalized spacial score (nSPS) is 9.94. The number of hydrogen-bond donors (Lipinski definition) is 1. The first-order valence-electron chi connectivity index (χ1n) is 5.06. The Morgan fingerprint density at radius 1 is 1.24 bits per heavy atom. The fraction of sp³-hybridized carbons (Fsp3) is 0.0833. The average molecular weight is 292 g/mol. The third-order valence-electron chi connectivity index (χ3n) is 2.10. The van der Waals surface area contributed by atoms with Crippen molar-refractivity contribution < 1.29 is 4.79 Å². The molecule has 5 heteroatoms. The van der Waals surface area contributed by atoms with E-state index in [0.717, 1.165) is 5.69 Å². The molecule has 0 fully saturated rings. The van der Waals surface area contributed by atoms with Crippen LogP contribution in [0.3, 0.4) is 0 Å². The number of amides is 1. The molecule has 4 nitrogen and oxygen atoms in total. The van der Waals surface area contributed by atoms with E-state index < -0.39 is 0 Å². The molecular formula is C12H10BrN3O. The van der Waals surface area contributed by atoms with Gasteiger partial charge in [-0.15, -0.1) is 0 Å². The summed E-state index contributed by atoms with van der Waals surface area (Å²) in [7, 11) is 0. The quantitative estimate of drug-likeness (QED) is 0.882. The van der Waals surface area contributed by atoms with Crippen LogP contribution in [0.2, 0.25) is 0 Å². The Balaban J connectivity index is 1.98. The molecule has 0 aliphatic carbocycles. The van der Waals surface area contributed by atoms with Crippen LogP contribution in [0, 0.1) is 0 Å². The van der Waals surface area contributed by atoms with Gasteiger partial charge in [-0.05, 0) is 40.2 Å².